The summed E-state index contributed by atoms with van der Waals surface area (Å²) in [6.07, 6.45) is 4.22. The Kier molecular flexibility index (Phi) is 6.98. The summed E-state index contributed by atoms with van der Waals surface area (Å²) in [5.74, 6) is 0.754. The van der Waals surface area contributed by atoms with Crippen LogP contribution in [0, 0.1) is 5.92 Å². The molecule has 0 radical (unpaired) electrons. The molecule has 0 aliphatic carbocycles. The van der Waals surface area contributed by atoms with Crippen molar-refractivity contribution in [1.29, 1.82) is 0 Å². The molecule has 0 fully saturated rings. The van der Waals surface area contributed by atoms with Crippen LogP contribution in [-0.4, -0.2) is 23.0 Å². The summed E-state index contributed by atoms with van der Waals surface area (Å²) in [4.78, 5) is 6.51. The van der Waals surface area contributed by atoms with Gasteiger partial charge in [0.25, 0.3) is 0 Å². The van der Waals surface area contributed by atoms with Gasteiger partial charge in [-0.2, -0.15) is 0 Å². The molecule has 1 heterocycles. The first-order chi connectivity index (χ1) is 8.60. The Balaban J connectivity index is 2.67. The first-order valence-corrected chi connectivity index (χ1v) is 7.38. The number of hydrogen-bond donors (Lipinski definition) is 0. The predicted octanol–water partition coefficient (Wildman–Crippen LogP) is 4.65. The van der Waals surface area contributed by atoms with Crippen LogP contribution in [0.5, 0.6) is 0 Å². The summed E-state index contributed by atoms with van der Waals surface area (Å²) < 4.78 is 0. The van der Waals surface area contributed by atoms with E-state index in [2.05, 4.69) is 30.7 Å². The molecule has 0 saturated heterocycles. The average Bonchev–Trinajstić information content (AvgIpc) is 2.37. The minimum Gasteiger partial charge on any atom is -0.299 e. The van der Waals surface area contributed by atoms with Gasteiger partial charge in [0.05, 0.1) is 0 Å². The third-order valence-electron chi connectivity index (χ3n) is 3.41. The summed E-state index contributed by atoms with van der Waals surface area (Å²) in [7, 11) is 0. The third kappa shape index (κ3) is 4.75. The topological polar surface area (TPSA) is 16.1 Å². The standard InChI is InChI=1S/C14H22Cl2N2/c1-4-11(5-2)9-18(6-3)10-12-8-17-14(16)7-13(12)15/h7-8,11H,4-6,9-10H2,1-3H3. The van der Waals surface area contributed by atoms with Crippen LogP contribution in [0.3, 0.4) is 0 Å². The van der Waals surface area contributed by atoms with Crippen LogP contribution in [-0.2, 0) is 6.54 Å². The molecule has 2 nitrogen and oxygen atoms in total. The lowest BCUT2D eigenvalue weighted by Crippen LogP contribution is -2.28. The Labute approximate surface area is 120 Å². The smallest absolute Gasteiger partial charge is 0.130 e. The Morgan fingerprint density at radius 1 is 1.22 bits per heavy atom. The number of hydrogen-bond acceptors (Lipinski definition) is 2. The van der Waals surface area contributed by atoms with Crippen LogP contribution in [0.1, 0.15) is 39.2 Å². The van der Waals surface area contributed by atoms with E-state index in [1.54, 1.807) is 12.3 Å². The van der Waals surface area contributed by atoms with Crippen LogP contribution in [0.15, 0.2) is 12.3 Å². The maximum atomic E-state index is 6.18. The van der Waals surface area contributed by atoms with Crippen molar-refractivity contribution in [3.05, 3.63) is 28.0 Å². The zero-order valence-corrected chi connectivity index (χ0v) is 12.9. The second-order valence-corrected chi connectivity index (χ2v) is 5.40. The highest BCUT2D eigenvalue weighted by Gasteiger charge is 2.12. The summed E-state index contributed by atoms with van der Waals surface area (Å²) in [5, 5.41) is 1.16. The Bertz CT molecular complexity index is 365. The van der Waals surface area contributed by atoms with Crippen molar-refractivity contribution in [3.63, 3.8) is 0 Å². The first kappa shape index (κ1) is 15.7. The molecule has 0 amide bonds. The highest BCUT2D eigenvalue weighted by atomic mass is 35.5. The largest absolute Gasteiger partial charge is 0.299 e. The maximum Gasteiger partial charge on any atom is 0.130 e. The molecule has 0 spiro atoms. The van der Waals surface area contributed by atoms with Gasteiger partial charge < -0.3 is 0 Å². The zero-order chi connectivity index (χ0) is 13.5. The fraction of sp³-hybridized carbons (Fsp3) is 0.643. The number of aromatic nitrogens is 1. The quantitative estimate of drug-likeness (QED) is 0.679. The van der Waals surface area contributed by atoms with E-state index in [4.69, 9.17) is 23.2 Å². The summed E-state index contributed by atoms with van der Waals surface area (Å²) in [6.45, 7) is 9.66. The van der Waals surface area contributed by atoms with E-state index >= 15 is 0 Å². The predicted molar refractivity (Wildman–Crippen MR) is 79.3 cm³/mol. The second-order valence-electron chi connectivity index (χ2n) is 4.61. The van der Waals surface area contributed by atoms with E-state index < -0.39 is 0 Å². The fourth-order valence-electron chi connectivity index (χ4n) is 2.01. The fourth-order valence-corrected chi connectivity index (χ4v) is 2.44. The van der Waals surface area contributed by atoms with Gasteiger partial charge >= 0.3 is 0 Å². The second kappa shape index (κ2) is 7.98. The van der Waals surface area contributed by atoms with Crippen LogP contribution in [0.4, 0.5) is 0 Å². The van der Waals surface area contributed by atoms with E-state index in [0.29, 0.717) is 10.2 Å². The molecule has 0 aliphatic heterocycles. The van der Waals surface area contributed by atoms with Gasteiger partial charge in [0.2, 0.25) is 0 Å². The maximum absolute atomic E-state index is 6.18. The van der Waals surface area contributed by atoms with Crippen molar-refractivity contribution in [3.8, 4) is 0 Å². The van der Waals surface area contributed by atoms with Crippen LogP contribution < -0.4 is 0 Å². The molecule has 18 heavy (non-hydrogen) atoms. The number of halogens is 2. The van der Waals surface area contributed by atoms with Crippen molar-refractivity contribution in [1.82, 2.24) is 9.88 Å². The van der Waals surface area contributed by atoms with E-state index in [1.807, 2.05) is 0 Å². The third-order valence-corrected chi connectivity index (χ3v) is 3.97. The molecule has 0 N–H and O–H groups in total. The lowest BCUT2D eigenvalue weighted by Gasteiger charge is -2.25. The van der Waals surface area contributed by atoms with Crippen molar-refractivity contribution >= 4 is 23.2 Å². The minimum absolute atomic E-state index is 0.451. The average molecular weight is 289 g/mol. The van der Waals surface area contributed by atoms with Crippen LogP contribution in [0.25, 0.3) is 0 Å². The molecule has 0 aromatic carbocycles. The molecule has 4 heteroatoms. The summed E-state index contributed by atoms with van der Waals surface area (Å²) >= 11 is 12.0. The highest BCUT2D eigenvalue weighted by Crippen LogP contribution is 2.21. The lowest BCUT2D eigenvalue weighted by molar-refractivity contribution is 0.226. The lowest BCUT2D eigenvalue weighted by atomic mass is 10.0. The van der Waals surface area contributed by atoms with Crippen LogP contribution >= 0.6 is 23.2 Å². The summed E-state index contributed by atoms with van der Waals surface area (Å²) in [5.41, 5.74) is 1.05. The SMILES string of the molecule is CCC(CC)CN(CC)Cc1cnc(Cl)cc1Cl. The van der Waals surface area contributed by atoms with E-state index in [1.165, 1.54) is 12.8 Å². The monoisotopic (exact) mass is 288 g/mol. The van der Waals surface area contributed by atoms with Crippen molar-refractivity contribution in [2.45, 2.75) is 40.2 Å². The van der Waals surface area contributed by atoms with E-state index in [0.717, 1.165) is 31.1 Å². The van der Waals surface area contributed by atoms with Crippen molar-refractivity contribution < 1.29 is 0 Å². The van der Waals surface area contributed by atoms with Gasteiger partial charge in [-0.05, 0) is 18.5 Å². The Morgan fingerprint density at radius 3 is 2.39 bits per heavy atom. The van der Waals surface area contributed by atoms with Gasteiger partial charge in [0.15, 0.2) is 0 Å². The molecule has 102 valence electrons. The first-order valence-electron chi connectivity index (χ1n) is 6.62. The highest BCUT2D eigenvalue weighted by molar-refractivity contribution is 6.34. The van der Waals surface area contributed by atoms with Crippen LogP contribution in [0.2, 0.25) is 10.2 Å². The molecular formula is C14H22Cl2N2. The number of rotatable bonds is 7. The van der Waals surface area contributed by atoms with Gasteiger partial charge in [-0.15, -0.1) is 0 Å². The normalized spacial score (nSPS) is 11.5. The molecule has 0 bridgehead atoms. The van der Waals surface area contributed by atoms with Gasteiger partial charge in [-0.3, -0.25) is 4.90 Å². The zero-order valence-electron chi connectivity index (χ0n) is 11.4. The molecule has 0 atom stereocenters. The number of pyridine rings is 1. The molecule has 1 rings (SSSR count). The minimum atomic E-state index is 0.451. The Morgan fingerprint density at radius 2 is 1.89 bits per heavy atom. The van der Waals surface area contributed by atoms with E-state index in [9.17, 15) is 0 Å². The molecule has 1 aromatic rings. The van der Waals surface area contributed by atoms with Crippen molar-refractivity contribution in [2.75, 3.05) is 13.1 Å². The number of nitrogens with zero attached hydrogens (tertiary/aromatic N) is 2. The molecule has 0 saturated carbocycles. The molecular weight excluding hydrogens is 267 g/mol. The van der Waals surface area contributed by atoms with Crippen molar-refractivity contribution in [2.24, 2.45) is 5.92 Å². The molecule has 0 unspecified atom stereocenters. The van der Waals surface area contributed by atoms with Gasteiger partial charge in [0, 0.05) is 29.9 Å². The Hall–Kier alpha value is -0.310. The van der Waals surface area contributed by atoms with Gasteiger partial charge in [-0.1, -0.05) is 56.8 Å². The van der Waals surface area contributed by atoms with E-state index in [-0.39, 0.29) is 0 Å². The van der Waals surface area contributed by atoms with Gasteiger partial charge in [0.1, 0.15) is 5.15 Å². The summed E-state index contributed by atoms with van der Waals surface area (Å²) in [6, 6.07) is 1.71. The molecule has 1 aromatic heterocycles. The van der Waals surface area contributed by atoms with Gasteiger partial charge in [-0.25, -0.2) is 4.98 Å². The molecule has 0 aliphatic rings.